The van der Waals surface area contributed by atoms with Crippen molar-refractivity contribution in [3.8, 4) is 6.07 Å². The van der Waals surface area contributed by atoms with E-state index in [-0.39, 0.29) is 5.91 Å². The number of likely N-dealkylation sites (tertiary alicyclic amines) is 1. The number of aryl methyl sites for hydroxylation is 1. The van der Waals surface area contributed by atoms with E-state index in [0.717, 1.165) is 49.7 Å². The van der Waals surface area contributed by atoms with Crippen LogP contribution >= 0.6 is 0 Å². The van der Waals surface area contributed by atoms with Gasteiger partial charge in [0.05, 0.1) is 11.6 Å². The van der Waals surface area contributed by atoms with Gasteiger partial charge in [0.25, 0.3) is 0 Å². The molecule has 0 spiro atoms. The van der Waals surface area contributed by atoms with E-state index in [1.807, 2.05) is 24.4 Å². The standard InChI is InChI=1S/C25H27N3O/c26-16-20-11-12-24-23(15-20)22(17-27-24)9-4-10-25(29)28-13-5-8-21(18-28)14-19-6-2-1-3-7-19/h1-3,6-7,11-12,15,17,21,27H,4-5,8-10,13-14,18H2. The largest absolute Gasteiger partial charge is 0.361 e. The lowest BCUT2D eigenvalue weighted by Crippen LogP contribution is -2.40. The number of nitriles is 1. The summed E-state index contributed by atoms with van der Waals surface area (Å²) in [7, 11) is 0. The van der Waals surface area contributed by atoms with Crippen molar-refractivity contribution in [2.75, 3.05) is 13.1 Å². The highest BCUT2D eigenvalue weighted by Gasteiger charge is 2.23. The predicted molar refractivity (Wildman–Crippen MR) is 115 cm³/mol. The monoisotopic (exact) mass is 385 g/mol. The lowest BCUT2D eigenvalue weighted by Gasteiger charge is -2.33. The maximum absolute atomic E-state index is 12.8. The van der Waals surface area contributed by atoms with E-state index in [9.17, 15) is 4.79 Å². The van der Waals surface area contributed by atoms with Crippen molar-refractivity contribution < 1.29 is 4.79 Å². The molecule has 1 N–H and O–H groups in total. The molecular formula is C25H27N3O. The van der Waals surface area contributed by atoms with E-state index in [1.54, 1.807) is 0 Å². The van der Waals surface area contributed by atoms with Crippen LogP contribution < -0.4 is 0 Å². The minimum atomic E-state index is 0.278. The molecule has 4 heteroatoms. The summed E-state index contributed by atoms with van der Waals surface area (Å²) in [4.78, 5) is 18.1. The minimum Gasteiger partial charge on any atom is -0.361 e. The zero-order chi connectivity index (χ0) is 20.1. The second kappa shape index (κ2) is 8.96. The summed E-state index contributed by atoms with van der Waals surface area (Å²) in [5.74, 6) is 0.841. The Morgan fingerprint density at radius 2 is 2.07 bits per heavy atom. The number of nitrogens with zero attached hydrogens (tertiary/aromatic N) is 2. The van der Waals surface area contributed by atoms with Gasteiger partial charge in [-0.3, -0.25) is 4.79 Å². The molecule has 4 nitrogen and oxygen atoms in total. The summed E-state index contributed by atoms with van der Waals surface area (Å²) in [5, 5.41) is 10.2. The fourth-order valence-corrected chi connectivity index (χ4v) is 4.45. The van der Waals surface area contributed by atoms with E-state index in [0.29, 0.717) is 17.9 Å². The number of carbonyl (C=O) groups is 1. The molecule has 0 aliphatic carbocycles. The Hall–Kier alpha value is -3.06. The fourth-order valence-electron chi connectivity index (χ4n) is 4.45. The summed E-state index contributed by atoms with van der Waals surface area (Å²) in [6, 6.07) is 18.5. The van der Waals surface area contributed by atoms with Crippen LogP contribution in [0.1, 0.15) is 42.4 Å². The SMILES string of the molecule is N#Cc1ccc2[nH]cc(CCCC(=O)N3CCCC(Cc4ccccc4)C3)c2c1. The van der Waals surface area contributed by atoms with Crippen LogP contribution in [0, 0.1) is 17.2 Å². The van der Waals surface area contributed by atoms with Gasteiger partial charge in [0, 0.05) is 36.6 Å². The average Bonchev–Trinajstić information content (AvgIpc) is 3.16. The number of rotatable bonds is 6. The normalized spacial score (nSPS) is 16.7. The first-order chi connectivity index (χ1) is 14.2. The molecule has 1 amide bonds. The van der Waals surface area contributed by atoms with Gasteiger partial charge in [-0.1, -0.05) is 30.3 Å². The van der Waals surface area contributed by atoms with Crippen LogP contribution in [0.3, 0.4) is 0 Å². The van der Waals surface area contributed by atoms with E-state index in [4.69, 9.17) is 5.26 Å². The van der Waals surface area contributed by atoms with E-state index < -0.39 is 0 Å². The van der Waals surface area contributed by atoms with Crippen molar-refractivity contribution in [2.24, 2.45) is 5.92 Å². The molecule has 29 heavy (non-hydrogen) atoms. The molecule has 1 atom stereocenters. The molecule has 3 aromatic rings. The van der Waals surface area contributed by atoms with Gasteiger partial charge >= 0.3 is 0 Å². The molecule has 0 bridgehead atoms. The Bertz CT molecular complexity index is 1020. The lowest BCUT2D eigenvalue weighted by atomic mass is 9.91. The summed E-state index contributed by atoms with van der Waals surface area (Å²) < 4.78 is 0. The second-order valence-corrected chi connectivity index (χ2v) is 8.08. The number of hydrogen-bond acceptors (Lipinski definition) is 2. The second-order valence-electron chi connectivity index (χ2n) is 8.08. The van der Waals surface area contributed by atoms with Crippen molar-refractivity contribution in [1.29, 1.82) is 5.26 Å². The number of hydrogen-bond donors (Lipinski definition) is 1. The van der Waals surface area contributed by atoms with Crippen molar-refractivity contribution >= 4 is 16.8 Å². The average molecular weight is 386 g/mol. The predicted octanol–water partition coefficient (Wildman–Crippen LogP) is 4.84. The summed E-state index contributed by atoms with van der Waals surface area (Å²) >= 11 is 0. The highest BCUT2D eigenvalue weighted by atomic mass is 16.2. The highest BCUT2D eigenvalue weighted by molar-refractivity contribution is 5.84. The fraction of sp³-hybridized carbons (Fsp3) is 0.360. The van der Waals surface area contributed by atoms with Gasteiger partial charge in [-0.05, 0) is 67.3 Å². The smallest absolute Gasteiger partial charge is 0.222 e. The zero-order valence-electron chi connectivity index (χ0n) is 16.7. The number of H-pyrrole nitrogens is 1. The molecule has 1 fully saturated rings. The molecule has 4 rings (SSSR count). The van der Waals surface area contributed by atoms with Crippen LogP contribution in [-0.2, 0) is 17.6 Å². The summed E-state index contributed by atoms with van der Waals surface area (Å²) in [6.07, 6.45) is 7.64. The number of benzene rings is 2. The Morgan fingerprint density at radius 1 is 1.21 bits per heavy atom. The number of nitrogens with one attached hydrogen (secondary N) is 1. The number of amides is 1. The van der Waals surface area contributed by atoms with Crippen LogP contribution in [0.2, 0.25) is 0 Å². The number of aromatic nitrogens is 1. The maximum Gasteiger partial charge on any atom is 0.222 e. The molecule has 1 aliphatic heterocycles. The molecule has 2 aromatic carbocycles. The van der Waals surface area contributed by atoms with Crippen molar-refractivity contribution in [3.05, 3.63) is 71.4 Å². The van der Waals surface area contributed by atoms with Gasteiger partial charge in [-0.15, -0.1) is 0 Å². The maximum atomic E-state index is 12.8. The van der Waals surface area contributed by atoms with Gasteiger partial charge in [0.15, 0.2) is 0 Å². The quantitative estimate of drug-likeness (QED) is 0.660. The third-order valence-corrected chi connectivity index (χ3v) is 5.97. The van der Waals surface area contributed by atoms with Crippen molar-refractivity contribution in [2.45, 2.75) is 38.5 Å². The summed E-state index contributed by atoms with van der Waals surface area (Å²) in [6.45, 7) is 1.77. The first-order valence-electron chi connectivity index (χ1n) is 10.5. The summed E-state index contributed by atoms with van der Waals surface area (Å²) in [5.41, 5.74) is 4.27. The molecule has 2 heterocycles. The molecule has 0 radical (unpaired) electrons. The van der Waals surface area contributed by atoms with Crippen LogP contribution in [0.25, 0.3) is 10.9 Å². The third kappa shape index (κ3) is 4.68. The van der Waals surface area contributed by atoms with Gasteiger partial charge in [-0.2, -0.15) is 5.26 Å². The van der Waals surface area contributed by atoms with Crippen LogP contribution in [0.15, 0.2) is 54.7 Å². The first kappa shape index (κ1) is 19.3. The molecule has 1 aliphatic rings. The van der Waals surface area contributed by atoms with Gasteiger partial charge in [0.2, 0.25) is 5.91 Å². The Labute approximate surface area is 172 Å². The van der Waals surface area contributed by atoms with E-state index >= 15 is 0 Å². The third-order valence-electron chi connectivity index (χ3n) is 5.97. The number of piperidine rings is 1. The van der Waals surface area contributed by atoms with Gasteiger partial charge in [0.1, 0.15) is 0 Å². The van der Waals surface area contributed by atoms with Crippen LogP contribution in [-0.4, -0.2) is 28.9 Å². The molecular weight excluding hydrogens is 358 g/mol. The first-order valence-corrected chi connectivity index (χ1v) is 10.5. The molecule has 148 valence electrons. The zero-order valence-corrected chi connectivity index (χ0v) is 16.7. The number of aromatic amines is 1. The van der Waals surface area contributed by atoms with Crippen LogP contribution in [0.5, 0.6) is 0 Å². The molecule has 1 saturated heterocycles. The van der Waals surface area contributed by atoms with Crippen molar-refractivity contribution in [3.63, 3.8) is 0 Å². The Kier molecular flexibility index (Phi) is 5.95. The Morgan fingerprint density at radius 3 is 2.90 bits per heavy atom. The van der Waals surface area contributed by atoms with E-state index in [1.165, 1.54) is 17.5 Å². The highest BCUT2D eigenvalue weighted by Crippen LogP contribution is 2.23. The van der Waals surface area contributed by atoms with Gasteiger partial charge < -0.3 is 9.88 Å². The molecule has 1 unspecified atom stereocenters. The van der Waals surface area contributed by atoms with Gasteiger partial charge in [-0.25, -0.2) is 0 Å². The number of carbonyl (C=O) groups excluding carboxylic acids is 1. The Balaban J connectivity index is 1.30. The minimum absolute atomic E-state index is 0.278. The van der Waals surface area contributed by atoms with Crippen molar-refractivity contribution in [1.82, 2.24) is 9.88 Å². The topological polar surface area (TPSA) is 59.9 Å². The molecule has 1 aromatic heterocycles. The molecule has 0 saturated carbocycles. The lowest BCUT2D eigenvalue weighted by molar-refractivity contribution is -0.133. The number of fused-ring (bicyclic) bond motifs is 1. The van der Waals surface area contributed by atoms with E-state index in [2.05, 4.69) is 46.3 Å². The van der Waals surface area contributed by atoms with Crippen LogP contribution in [0.4, 0.5) is 0 Å².